The molecule has 4 atom stereocenters. The quantitative estimate of drug-likeness (QED) is 0.278. The number of nitrogens with one attached hydrogen (secondary N) is 2. The largest absolute Gasteiger partial charge is 0.481 e. The molecule has 0 unspecified atom stereocenters. The van der Waals surface area contributed by atoms with Gasteiger partial charge in [0.05, 0.1) is 6.61 Å². The molecule has 1 aromatic carbocycles. The first-order chi connectivity index (χ1) is 23.8. The van der Waals surface area contributed by atoms with Crippen LogP contribution in [0.15, 0.2) is 36.4 Å². The highest BCUT2D eigenvalue weighted by atomic mass is 16.6. The van der Waals surface area contributed by atoms with Gasteiger partial charge in [-0.25, -0.2) is 19.6 Å². The molecule has 1 saturated carbocycles. The van der Waals surface area contributed by atoms with Crippen LogP contribution in [0.2, 0.25) is 0 Å². The lowest BCUT2D eigenvalue weighted by Gasteiger charge is -2.36. The Morgan fingerprint density at radius 1 is 0.980 bits per heavy atom. The Morgan fingerprint density at radius 2 is 1.64 bits per heavy atom. The number of hydrogen-bond donors (Lipinski definition) is 3. The highest BCUT2D eigenvalue weighted by molar-refractivity contribution is 5.97. The lowest BCUT2D eigenvalue weighted by atomic mass is 10.1. The van der Waals surface area contributed by atoms with Crippen LogP contribution in [0.4, 0.5) is 15.4 Å². The summed E-state index contributed by atoms with van der Waals surface area (Å²) < 4.78 is 10.7. The summed E-state index contributed by atoms with van der Waals surface area (Å²) in [6, 6.07) is 9.66. The number of aromatic nitrogens is 2. The van der Waals surface area contributed by atoms with E-state index in [-0.39, 0.29) is 62.6 Å². The van der Waals surface area contributed by atoms with Gasteiger partial charge in [-0.15, -0.1) is 0 Å². The van der Waals surface area contributed by atoms with Crippen molar-refractivity contribution in [3.8, 4) is 11.4 Å². The fourth-order valence-electron chi connectivity index (χ4n) is 6.28. The van der Waals surface area contributed by atoms with Crippen molar-refractivity contribution in [3.63, 3.8) is 0 Å². The number of carbonyl (C=O) groups excluding carboxylic acids is 4. The first-order valence-electron chi connectivity index (χ1n) is 17.2. The average Bonchev–Trinajstić information content (AvgIpc) is 3.49. The number of piperazine rings is 1. The van der Waals surface area contributed by atoms with Crippen molar-refractivity contribution in [1.29, 1.82) is 0 Å². The van der Waals surface area contributed by atoms with Crippen molar-refractivity contribution in [2.24, 2.45) is 11.8 Å². The van der Waals surface area contributed by atoms with Crippen molar-refractivity contribution in [2.45, 2.75) is 71.1 Å². The minimum atomic E-state index is -1.13. The maximum absolute atomic E-state index is 13.8. The van der Waals surface area contributed by atoms with Gasteiger partial charge in [0.15, 0.2) is 5.82 Å². The van der Waals surface area contributed by atoms with Gasteiger partial charge in [-0.3, -0.25) is 14.4 Å². The molecule has 3 aliphatic rings. The smallest absolute Gasteiger partial charge is 0.409 e. The predicted octanol–water partition coefficient (Wildman–Crippen LogP) is 3.15. The van der Waals surface area contributed by atoms with E-state index in [1.807, 2.05) is 62.9 Å². The second-order valence-corrected chi connectivity index (χ2v) is 13.9. The Kier molecular flexibility index (Phi) is 11.4. The summed E-state index contributed by atoms with van der Waals surface area (Å²) in [5.74, 6) is -0.909. The Hall–Kier alpha value is -4.95. The van der Waals surface area contributed by atoms with Crippen LogP contribution in [0.5, 0.6) is 0 Å². The Balaban J connectivity index is 1.28. The van der Waals surface area contributed by atoms with E-state index < -0.39 is 41.6 Å². The van der Waals surface area contributed by atoms with E-state index in [2.05, 4.69) is 15.6 Å². The summed E-state index contributed by atoms with van der Waals surface area (Å²) in [4.78, 5) is 78.1. The second kappa shape index (κ2) is 15.7. The number of hydrogen-bond acceptors (Lipinski definition) is 10. The molecule has 270 valence electrons. The van der Waals surface area contributed by atoms with Crippen LogP contribution in [0.1, 0.15) is 63.9 Å². The third-order valence-electron chi connectivity index (χ3n) is 9.00. The second-order valence-electron chi connectivity index (χ2n) is 13.9. The van der Waals surface area contributed by atoms with Gasteiger partial charge in [-0.05, 0) is 33.6 Å². The maximum Gasteiger partial charge on any atom is 0.409 e. The van der Waals surface area contributed by atoms with Gasteiger partial charge in [-0.1, -0.05) is 43.7 Å². The van der Waals surface area contributed by atoms with Gasteiger partial charge in [0.2, 0.25) is 5.91 Å². The number of carboxylic acid groups (broad SMARTS) is 1. The number of ether oxygens (including phenoxy) is 2. The van der Waals surface area contributed by atoms with Crippen LogP contribution < -0.4 is 15.5 Å². The Bertz CT molecular complexity index is 1550. The Morgan fingerprint density at radius 3 is 2.26 bits per heavy atom. The number of amides is 4. The number of unbranched alkanes of at least 4 members (excludes halogenated alkanes) is 1. The van der Waals surface area contributed by atoms with Gasteiger partial charge in [0.25, 0.3) is 5.91 Å². The summed E-state index contributed by atoms with van der Waals surface area (Å²) in [6.07, 6.45) is 0.333. The molecule has 0 radical (unpaired) electrons. The van der Waals surface area contributed by atoms with E-state index >= 15 is 0 Å². The van der Waals surface area contributed by atoms with E-state index in [0.717, 1.165) is 12.8 Å². The molecule has 0 bridgehead atoms. The molecule has 15 nitrogen and oxygen atoms in total. The third kappa shape index (κ3) is 9.39. The summed E-state index contributed by atoms with van der Waals surface area (Å²) in [5, 5.41) is 15.1. The normalized spacial score (nSPS) is 20.4. The molecule has 1 aliphatic carbocycles. The van der Waals surface area contributed by atoms with E-state index in [1.165, 1.54) is 9.80 Å². The molecule has 50 heavy (non-hydrogen) atoms. The number of fused-ring (bicyclic) bond motifs is 1. The first kappa shape index (κ1) is 36.3. The monoisotopic (exact) mass is 693 g/mol. The molecule has 3 heterocycles. The zero-order chi connectivity index (χ0) is 36.0. The first-order valence-corrected chi connectivity index (χ1v) is 17.2. The molecule has 2 aromatic rings. The molecule has 3 fully saturated rings. The minimum Gasteiger partial charge on any atom is -0.481 e. The van der Waals surface area contributed by atoms with E-state index in [4.69, 9.17) is 14.5 Å². The molecule has 2 saturated heterocycles. The zero-order valence-electron chi connectivity index (χ0n) is 29.1. The number of nitrogens with zero attached hydrogens (tertiary/aromatic N) is 5. The van der Waals surface area contributed by atoms with E-state index in [0.29, 0.717) is 36.9 Å². The standard InChI is InChI=1S/C35H47N7O8/c1-5-6-18-49-34(48)41-16-14-40(15-17-41)32(46)25(12-13-28(43)44)37-31(45)26-19-27(38-30(36-26)22-10-8-7-9-11-22)42-20-23-24(21-42)29(23)39-33(47)50-35(2,3)4/h7-11,19,23-25,29H,5-6,12-18,20-21H2,1-4H3,(H,37,45)(H,39,47)(H,43,44)/t23-,24+,25-,29+/m0/s1. The van der Waals surface area contributed by atoms with Crippen LogP contribution in [0.25, 0.3) is 11.4 Å². The van der Waals surface area contributed by atoms with E-state index in [9.17, 15) is 29.1 Å². The van der Waals surface area contributed by atoms with Crippen LogP contribution in [0, 0.1) is 11.8 Å². The van der Waals surface area contributed by atoms with E-state index in [1.54, 1.807) is 6.07 Å². The zero-order valence-corrected chi connectivity index (χ0v) is 29.1. The summed E-state index contributed by atoms with van der Waals surface area (Å²) in [7, 11) is 0. The number of anilines is 1. The topological polar surface area (TPSA) is 184 Å². The Labute approximate surface area is 291 Å². The van der Waals surface area contributed by atoms with Gasteiger partial charge in [0.1, 0.15) is 23.2 Å². The highest BCUT2D eigenvalue weighted by Gasteiger charge is 2.57. The summed E-state index contributed by atoms with van der Waals surface area (Å²) in [6.45, 7) is 9.96. The van der Waals surface area contributed by atoms with Crippen molar-refractivity contribution in [2.75, 3.05) is 50.8 Å². The fourth-order valence-corrected chi connectivity index (χ4v) is 6.28. The number of rotatable bonds is 12. The lowest BCUT2D eigenvalue weighted by molar-refractivity contribution is -0.138. The molecule has 5 rings (SSSR count). The lowest BCUT2D eigenvalue weighted by Crippen LogP contribution is -2.56. The van der Waals surface area contributed by atoms with Gasteiger partial charge in [-0.2, -0.15) is 0 Å². The number of benzene rings is 1. The SMILES string of the molecule is CCCCOC(=O)N1CCN(C(=O)[C@H](CCC(=O)O)NC(=O)c2cc(N3C[C@@H]4[C@H](C3)[C@H]4NC(=O)OC(C)(C)C)nc(-c3ccccc3)n2)CC1. The third-order valence-corrected chi connectivity index (χ3v) is 9.00. The molecule has 4 amide bonds. The average molecular weight is 694 g/mol. The molecule has 2 aliphatic heterocycles. The summed E-state index contributed by atoms with van der Waals surface area (Å²) in [5.41, 5.74) is 0.133. The molecular weight excluding hydrogens is 646 g/mol. The van der Waals surface area contributed by atoms with Crippen molar-refractivity contribution >= 4 is 35.8 Å². The fraction of sp³-hybridized carbons (Fsp3) is 0.571. The number of aliphatic carboxylic acids is 1. The maximum atomic E-state index is 13.8. The highest BCUT2D eigenvalue weighted by Crippen LogP contribution is 2.46. The van der Waals surface area contributed by atoms with Crippen LogP contribution >= 0.6 is 0 Å². The predicted molar refractivity (Wildman–Crippen MR) is 182 cm³/mol. The summed E-state index contributed by atoms with van der Waals surface area (Å²) >= 11 is 0. The van der Waals surface area contributed by atoms with Gasteiger partial charge >= 0.3 is 18.2 Å². The number of carbonyl (C=O) groups is 5. The van der Waals surface area contributed by atoms with Crippen LogP contribution in [0.3, 0.4) is 0 Å². The molecule has 15 heteroatoms. The molecule has 0 spiro atoms. The number of piperidine rings is 1. The van der Waals surface area contributed by atoms with Gasteiger partial charge in [0, 0.05) is 75.2 Å². The minimum absolute atomic E-state index is 0.00567. The van der Waals surface area contributed by atoms with Crippen LogP contribution in [-0.2, 0) is 19.1 Å². The molecule has 1 aromatic heterocycles. The van der Waals surface area contributed by atoms with Crippen molar-refractivity contribution in [3.05, 3.63) is 42.1 Å². The number of alkyl carbamates (subject to hydrolysis) is 1. The number of carboxylic acids is 1. The van der Waals surface area contributed by atoms with Crippen molar-refractivity contribution < 1.29 is 38.6 Å². The van der Waals surface area contributed by atoms with Crippen molar-refractivity contribution in [1.82, 2.24) is 30.4 Å². The van der Waals surface area contributed by atoms with Gasteiger partial charge < -0.3 is 39.9 Å². The molecular formula is C35H47N7O8. The molecule has 3 N–H and O–H groups in total. The van der Waals surface area contributed by atoms with Crippen LogP contribution in [-0.4, -0.2) is 118 Å².